The molecular formula is C24H28N2O5. The molecule has 0 atom stereocenters. The lowest BCUT2D eigenvalue weighted by Gasteiger charge is -2.18. The summed E-state index contributed by atoms with van der Waals surface area (Å²) >= 11 is 0. The number of ether oxygens (including phenoxy) is 3. The molecule has 0 fully saturated rings. The monoisotopic (exact) mass is 424 g/mol. The van der Waals surface area contributed by atoms with Crippen LogP contribution in [0.1, 0.15) is 42.4 Å². The quantitative estimate of drug-likeness (QED) is 0.597. The molecule has 3 rings (SSSR count). The maximum absolute atomic E-state index is 12.6. The van der Waals surface area contributed by atoms with E-state index in [1.165, 1.54) is 5.56 Å². The Bertz CT molecular complexity index is 1020. The first kappa shape index (κ1) is 22.2. The lowest BCUT2D eigenvalue weighted by molar-refractivity contribution is 0.0941. The van der Waals surface area contributed by atoms with E-state index in [9.17, 15) is 4.79 Å². The zero-order valence-electron chi connectivity index (χ0n) is 18.7. The van der Waals surface area contributed by atoms with Gasteiger partial charge in [-0.05, 0) is 11.0 Å². The summed E-state index contributed by atoms with van der Waals surface area (Å²) in [6.45, 7) is 6.67. The molecule has 7 heteroatoms. The Balaban J connectivity index is 1.74. The second-order valence-corrected chi connectivity index (χ2v) is 8.10. The van der Waals surface area contributed by atoms with E-state index in [1.54, 1.807) is 39.5 Å². The Morgan fingerprint density at radius 2 is 1.58 bits per heavy atom. The van der Waals surface area contributed by atoms with Crippen molar-refractivity contribution in [3.05, 3.63) is 59.3 Å². The molecule has 0 unspecified atom stereocenters. The van der Waals surface area contributed by atoms with Gasteiger partial charge in [-0.3, -0.25) is 4.79 Å². The highest BCUT2D eigenvalue weighted by Crippen LogP contribution is 2.34. The molecule has 0 saturated heterocycles. The van der Waals surface area contributed by atoms with E-state index in [0.29, 0.717) is 28.6 Å². The van der Waals surface area contributed by atoms with E-state index < -0.39 is 0 Å². The number of methoxy groups -OCH3 is 3. The third-order valence-electron chi connectivity index (χ3n) is 5.02. The first-order valence-corrected chi connectivity index (χ1v) is 9.91. The van der Waals surface area contributed by atoms with Crippen LogP contribution in [0.15, 0.2) is 47.0 Å². The van der Waals surface area contributed by atoms with Gasteiger partial charge in [0.05, 0.1) is 33.4 Å². The third kappa shape index (κ3) is 4.99. The number of amides is 1. The van der Waals surface area contributed by atoms with Gasteiger partial charge in [-0.1, -0.05) is 50.2 Å². The SMILES string of the molecule is COc1cc(OC)c(CNC(=O)c2cc(-c3ccc(C(C)(C)C)cc3)on2)c(OC)c1. The van der Waals surface area contributed by atoms with E-state index in [1.807, 2.05) is 12.1 Å². The van der Waals surface area contributed by atoms with Crippen molar-refractivity contribution in [2.45, 2.75) is 32.7 Å². The molecule has 1 heterocycles. The first-order chi connectivity index (χ1) is 14.8. The molecule has 1 amide bonds. The minimum Gasteiger partial charge on any atom is -0.496 e. The Hall–Kier alpha value is -3.48. The van der Waals surface area contributed by atoms with Crippen molar-refractivity contribution >= 4 is 5.91 Å². The minimum atomic E-state index is -0.360. The molecule has 7 nitrogen and oxygen atoms in total. The van der Waals surface area contributed by atoms with Gasteiger partial charge in [0.25, 0.3) is 5.91 Å². The van der Waals surface area contributed by atoms with E-state index in [0.717, 1.165) is 5.56 Å². The third-order valence-corrected chi connectivity index (χ3v) is 5.02. The maximum Gasteiger partial charge on any atom is 0.273 e. The molecule has 3 aromatic rings. The van der Waals surface area contributed by atoms with E-state index in [2.05, 4.69) is 43.4 Å². The average molecular weight is 424 g/mol. The average Bonchev–Trinajstić information content (AvgIpc) is 3.26. The van der Waals surface area contributed by atoms with Crippen molar-refractivity contribution in [1.82, 2.24) is 10.5 Å². The summed E-state index contributed by atoms with van der Waals surface area (Å²) in [5.74, 6) is 1.88. The van der Waals surface area contributed by atoms with Gasteiger partial charge in [-0.15, -0.1) is 0 Å². The fraction of sp³-hybridized carbons (Fsp3) is 0.333. The van der Waals surface area contributed by atoms with E-state index in [4.69, 9.17) is 18.7 Å². The number of benzene rings is 2. The Morgan fingerprint density at radius 3 is 2.10 bits per heavy atom. The van der Waals surface area contributed by atoms with Gasteiger partial charge in [0.15, 0.2) is 11.5 Å². The van der Waals surface area contributed by atoms with E-state index in [-0.39, 0.29) is 23.6 Å². The topological polar surface area (TPSA) is 82.8 Å². The molecule has 0 aliphatic rings. The molecule has 0 spiro atoms. The number of carbonyl (C=O) groups is 1. The zero-order chi connectivity index (χ0) is 22.6. The summed E-state index contributed by atoms with van der Waals surface area (Å²) in [6.07, 6.45) is 0. The molecule has 0 saturated carbocycles. The number of nitrogens with one attached hydrogen (secondary N) is 1. The van der Waals surface area contributed by atoms with Crippen LogP contribution >= 0.6 is 0 Å². The molecule has 0 bridgehead atoms. The summed E-state index contributed by atoms with van der Waals surface area (Å²) in [4.78, 5) is 12.6. The van der Waals surface area contributed by atoms with Crippen LogP contribution in [0, 0.1) is 0 Å². The van der Waals surface area contributed by atoms with Crippen LogP contribution in [0.2, 0.25) is 0 Å². The van der Waals surface area contributed by atoms with Crippen molar-refractivity contribution in [2.24, 2.45) is 0 Å². The van der Waals surface area contributed by atoms with Gasteiger partial charge in [0, 0.05) is 23.8 Å². The molecule has 164 valence electrons. The van der Waals surface area contributed by atoms with E-state index >= 15 is 0 Å². The first-order valence-electron chi connectivity index (χ1n) is 9.91. The van der Waals surface area contributed by atoms with Gasteiger partial charge in [0.2, 0.25) is 0 Å². The normalized spacial score (nSPS) is 11.2. The molecule has 1 N–H and O–H groups in total. The fourth-order valence-corrected chi connectivity index (χ4v) is 3.16. The Kier molecular flexibility index (Phi) is 6.53. The molecular weight excluding hydrogens is 396 g/mol. The molecule has 31 heavy (non-hydrogen) atoms. The van der Waals surface area contributed by atoms with Crippen molar-refractivity contribution in [1.29, 1.82) is 0 Å². The number of nitrogens with zero attached hydrogens (tertiary/aromatic N) is 1. The van der Waals surface area contributed by atoms with Crippen LogP contribution in [0.25, 0.3) is 11.3 Å². The van der Waals surface area contributed by atoms with Crippen LogP contribution < -0.4 is 19.5 Å². The van der Waals surface area contributed by atoms with Crippen LogP contribution in [-0.4, -0.2) is 32.4 Å². The number of carbonyl (C=O) groups excluding carboxylic acids is 1. The Labute approximate surface area is 182 Å². The largest absolute Gasteiger partial charge is 0.496 e. The predicted octanol–water partition coefficient (Wildman–Crippen LogP) is 4.59. The predicted molar refractivity (Wildman–Crippen MR) is 118 cm³/mol. The lowest BCUT2D eigenvalue weighted by atomic mass is 9.86. The lowest BCUT2D eigenvalue weighted by Crippen LogP contribution is -2.23. The van der Waals surface area contributed by atoms with Crippen LogP contribution in [0.4, 0.5) is 0 Å². The second-order valence-electron chi connectivity index (χ2n) is 8.10. The van der Waals surface area contributed by atoms with Crippen LogP contribution in [-0.2, 0) is 12.0 Å². The summed E-state index contributed by atoms with van der Waals surface area (Å²) in [5.41, 5.74) is 3.03. The molecule has 0 aliphatic heterocycles. The number of aromatic nitrogens is 1. The smallest absolute Gasteiger partial charge is 0.273 e. The fourth-order valence-electron chi connectivity index (χ4n) is 3.16. The number of rotatable bonds is 7. The summed E-state index contributed by atoms with van der Waals surface area (Å²) < 4.78 is 21.5. The number of hydrogen-bond donors (Lipinski definition) is 1. The highest BCUT2D eigenvalue weighted by Gasteiger charge is 2.18. The van der Waals surface area contributed by atoms with Crippen molar-refractivity contribution < 1.29 is 23.5 Å². The van der Waals surface area contributed by atoms with Crippen LogP contribution in [0.5, 0.6) is 17.2 Å². The van der Waals surface area contributed by atoms with Gasteiger partial charge in [-0.25, -0.2) is 0 Å². The summed E-state index contributed by atoms with van der Waals surface area (Å²) in [6, 6.07) is 13.1. The zero-order valence-corrected chi connectivity index (χ0v) is 18.7. The van der Waals surface area contributed by atoms with Gasteiger partial charge in [-0.2, -0.15) is 0 Å². The standard InChI is InChI=1S/C24H28N2O5/c1-24(2,3)16-9-7-15(8-10-16)20-13-19(26-31-20)23(27)25-14-18-21(29-5)11-17(28-4)12-22(18)30-6/h7-13H,14H2,1-6H3,(H,25,27). The van der Waals surface area contributed by atoms with Gasteiger partial charge >= 0.3 is 0 Å². The molecule has 2 aromatic carbocycles. The highest BCUT2D eigenvalue weighted by atomic mass is 16.5. The van der Waals surface area contributed by atoms with Crippen molar-refractivity contribution in [3.8, 4) is 28.6 Å². The van der Waals surface area contributed by atoms with Gasteiger partial charge in [0.1, 0.15) is 17.2 Å². The maximum atomic E-state index is 12.6. The van der Waals surface area contributed by atoms with Crippen molar-refractivity contribution in [2.75, 3.05) is 21.3 Å². The molecule has 0 aliphatic carbocycles. The minimum absolute atomic E-state index is 0.0640. The Morgan fingerprint density at radius 1 is 0.968 bits per heavy atom. The molecule has 0 radical (unpaired) electrons. The summed E-state index contributed by atoms with van der Waals surface area (Å²) in [7, 11) is 4.66. The highest BCUT2D eigenvalue weighted by molar-refractivity contribution is 5.93. The second kappa shape index (κ2) is 9.12. The summed E-state index contributed by atoms with van der Waals surface area (Å²) in [5, 5.41) is 6.75. The van der Waals surface area contributed by atoms with Crippen LogP contribution in [0.3, 0.4) is 0 Å². The van der Waals surface area contributed by atoms with Crippen molar-refractivity contribution in [3.63, 3.8) is 0 Å². The molecule has 1 aromatic heterocycles. The van der Waals surface area contributed by atoms with Gasteiger partial charge < -0.3 is 24.1 Å². The number of hydrogen-bond acceptors (Lipinski definition) is 6.